The fourth-order valence-electron chi connectivity index (χ4n) is 2.23. The van der Waals surface area contributed by atoms with E-state index in [1.165, 1.54) is 18.9 Å². The number of benzene rings is 1. The van der Waals surface area contributed by atoms with E-state index in [1.54, 1.807) is 13.8 Å². The number of hydrogen-bond donors (Lipinski definition) is 1. The molecule has 1 aromatic heterocycles. The number of nitrogens with zero attached hydrogens (tertiary/aromatic N) is 1. The summed E-state index contributed by atoms with van der Waals surface area (Å²) >= 11 is 1.24. The van der Waals surface area contributed by atoms with Gasteiger partial charge in [-0.25, -0.2) is 8.42 Å². The Morgan fingerprint density at radius 1 is 1.32 bits per heavy atom. The van der Waals surface area contributed by atoms with Crippen LogP contribution in [0, 0.1) is 13.8 Å². The monoisotopic (exact) mass is 438 g/mol. The van der Waals surface area contributed by atoms with Crippen LogP contribution in [0.4, 0.5) is 18.9 Å². The SMILES string of the molecule is COc1ccc(S(=O)(=O)C(F)(F)F)cc1NC(=O)CSCc1c(C)noc1C. The van der Waals surface area contributed by atoms with E-state index in [0.29, 0.717) is 17.2 Å². The number of carbonyl (C=O) groups excluding carboxylic acids is 1. The molecule has 154 valence electrons. The lowest BCUT2D eigenvalue weighted by molar-refractivity contribution is -0.113. The second-order valence-corrected chi connectivity index (χ2v) is 8.58. The largest absolute Gasteiger partial charge is 0.501 e. The molecule has 2 aromatic rings. The van der Waals surface area contributed by atoms with Crippen LogP contribution in [0.15, 0.2) is 27.6 Å². The highest BCUT2D eigenvalue weighted by Crippen LogP contribution is 2.34. The number of nitrogens with one attached hydrogen (secondary N) is 1. The second kappa shape index (κ2) is 8.43. The number of aryl methyl sites for hydroxylation is 2. The lowest BCUT2D eigenvalue weighted by Gasteiger charge is -2.13. The summed E-state index contributed by atoms with van der Waals surface area (Å²) in [6, 6.07) is 2.53. The summed E-state index contributed by atoms with van der Waals surface area (Å²) in [5.74, 6) is 0.566. The maximum absolute atomic E-state index is 12.7. The normalized spacial score (nSPS) is 12.1. The van der Waals surface area contributed by atoms with Crippen LogP contribution in [-0.4, -0.2) is 37.9 Å². The minimum Gasteiger partial charge on any atom is -0.495 e. The molecule has 0 aliphatic heterocycles. The molecule has 0 aliphatic carbocycles. The average molecular weight is 438 g/mol. The minimum absolute atomic E-state index is 0.0243. The molecule has 0 unspecified atom stereocenters. The second-order valence-electron chi connectivity index (χ2n) is 5.65. The van der Waals surface area contributed by atoms with Crippen molar-refractivity contribution in [1.29, 1.82) is 0 Å². The van der Waals surface area contributed by atoms with E-state index < -0.39 is 26.1 Å². The summed E-state index contributed by atoms with van der Waals surface area (Å²) in [5.41, 5.74) is -4.06. The Bertz CT molecular complexity index is 952. The molecule has 7 nitrogen and oxygen atoms in total. The van der Waals surface area contributed by atoms with Crippen LogP contribution in [0.3, 0.4) is 0 Å². The number of rotatable bonds is 7. The quantitative estimate of drug-likeness (QED) is 0.707. The van der Waals surface area contributed by atoms with E-state index in [2.05, 4.69) is 10.5 Å². The van der Waals surface area contributed by atoms with Crippen molar-refractivity contribution in [2.24, 2.45) is 0 Å². The Hall–Kier alpha value is -2.21. The Balaban J connectivity index is 2.11. The summed E-state index contributed by atoms with van der Waals surface area (Å²) in [4.78, 5) is 11.2. The first kappa shape index (κ1) is 22.1. The van der Waals surface area contributed by atoms with E-state index >= 15 is 0 Å². The molecular formula is C16H17F3N2O5S2. The third-order valence-corrected chi connectivity index (χ3v) is 6.16. The van der Waals surface area contributed by atoms with Gasteiger partial charge in [0.15, 0.2) is 0 Å². The molecular weight excluding hydrogens is 421 g/mol. The first-order valence-electron chi connectivity index (χ1n) is 7.76. The first-order valence-corrected chi connectivity index (χ1v) is 10.4. The van der Waals surface area contributed by atoms with Crippen LogP contribution in [0.25, 0.3) is 0 Å². The van der Waals surface area contributed by atoms with Gasteiger partial charge in [-0.05, 0) is 32.0 Å². The van der Waals surface area contributed by atoms with Gasteiger partial charge in [-0.2, -0.15) is 13.2 Å². The van der Waals surface area contributed by atoms with Crippen molar-refractivity contribution >= 4 is 33.2 Å². The van der Waals surface area contributed by atoms with Crippen molar-refractivity contribution in [3.63, 3.8) is 0 Å². The third-order valence-electron chi connectivity index (χ3n) is 3.72. The van der Waals surface area contributed by atoms with Crippen molar-refractivity contribution in [1.82, 2.24) is 5.16 Å². The topological polar surface area (TPSA) is 98.5 Å². The molecule has 0 radical (unpaired) electrons. The highest BCUT2D eigenvalue weighted by atomic mass is 32.2. The number of thioether (sulfide) groups is 1. The number of amides is 1. The number of aromatic nitrogens is 1. The predicted molar refractivity (Wildman–Crippen MR) is 97.0 cm³/mol. The van der Waals surface area contributed by atoms with Gasteiger partial charge >= 0.3 is 5.51 Å². The first-order chi connectivity index (χ1) is 13.0. The highest BCUT2D eigenvalue weighted by molar-refractivity contribution is 7.99. The standard InChI is InChI=1S/C16H17F3N2O5S2/c1-9-12(10(2)26-21-9)7-27-8-15(22)20-13-6-11(4-5-14(13)25-3)28(23,24)16(17,18)19/h4-6H,7-8H2,1-3H3,(H,20,22). The number of methoxy groups -OCH3 is 1. The van der Waals surface area contributed by atoms with Crippen molar-refractivity contribution < 1.29 is 35.6 Å². The minimum atomic E-state index is -5.55. The van der Waals surface area contributed by atoms with Gasteiger partial charge in [-0.1, -0.05) is 5.16 Å². The molecule has 0 saturated heterocycles. The van der Waals surface area contributed by atoms with Gasteiger partial charge < -0.3 is 14.6 Å². The molecule has 0 bridgehead atoms. The lowest BCUT2D eigenvalue weighted by Crippen LogP contribution is -2.23. The smallest absolute Gasteiger partial charge is 0.495 e. The van der Waals surface area contributed by atoms with Gasteiger partial charge in [-0.15, -0.1) is 11.8 Å². The maximum Gasteiger partial charge on any atom is 0.501 e. The van der Waals surface area contributed by atoms with Crippen LogP contribution < -0.4 is 10.1 Å². The van der Waals surface area contributed by atoms with Gasteiger partial charge in [0.05, 0.1) is 29.1 Å². The molecule has 1 amide bonds. The van der Waals surface area contributed by atoms with Gasteiger partial charge in [0.1, 0.15) is 11.5 Å². The number of ether oxygens (including phenoxy) is 1. The zero-order chi connectivity index (χ0) is 21.1. The zero-order valence-electron chi connectivity index (χ0n) is 15.1. The van der Waals surface area contributed by atoms with Gasteiger partial charge in [0.2, 0.25) is 5.91 Å². The molecule has 1 heterocycles. The molecule has 1 N–H and O–H groups in total. The number of sulfone groups is 1. The van der Waals surface area contributed by atoms with Crippen molar-refractivity contribution in [3.05, 3.63) is 35.2 Å². The molecule has 0 atom stereocenters. The summed E-state index contributed by atoms with van der Waals surface area (Å²) in [5, 5.41) is 6.18. The molecule has 0 aliphatic rings. The van der Waals surface area contributed by atoms with Crippen molar-refractivity contribution in [2.45, 2.75) is 30.0 Å². The number of carbonyl (C=O) groups is 1. The molecule has 0 spiro atoms. The van der Waals surface area contributed by atoms with Gasteiger partial charge in [-0.3, -0.25) is 4.79 Å². The molecule has 2 rings (SSSR count). The molecule has 0 fully saturated rings. The lowest BCUT2D eigenvalue weighted by atomic mass is 10.2. The fraction of sp³-hybridized carbons (Fsp3) is 0.375. The van der Waals surface area contributed by atoms with E-state index in [9.17, 15) is 26.4 Å². The van der Waals surface area contributed by atoms with Crippen LogP contribution in [0.2, 0.25) is 0 Å². The van der Waals surface area contributed by atoms with Crippen LogP contribution >= 0.6 is 11.8 Å². The van der Waals surface area contributed by atoms with Crippen LogP contribution in [0.5, 0.6) is 5.75 Å². The summed E-state index contributed by atoms with van der Waals surface area (Å²) in [6.07, 6.45) is 0. The average Bonchev–Trinajstić information content (AvgIpc) is 2.92. The Labute approximate surface area is 163 Å². The Morgan fingerprint density at radius 2 is 2.00 bits per heavy atom. The van der Waals surface area contributed by atoms with Crippen LogP contribution in [0.1, 0.15) is 17.0 Å². The molecule has 28 heavy (non-hydrogen) atoms. The van der Waals surface area contributed by atoms with Crippen LogP contribution in [-0.2, 0) is 20.4 Å². The number of hydrogen-bond acceptors (Lipinski definition) is 7. The third kappa shape index (κ3) is 4.79. The number of alkyl halides is 3. The number of halogens is 3. The summed E-state index contributed by atoms with van der Waals surface area (Å²) < 4.78 is 71.3. The van der Waals surface area contributed by atoms with E-state index in [1.807, 2.05) is 0 Å². The highest BCUT2D eigenvalue weighted by Gasteiger charge is 2.47. The van der Waals surface area contributed by atoms with Crippen molar-refractivity contribution in [3.8, 4) is 5.75 Å². The van der Waals surface area contributed by atoms with Gasteiger partial charge in [0, 0.05) is 11.3 Å². The fourth-order valence-corrected chi connectivity index (χ4v) is 3.99. The molecule has 12 heteroatoms. The van der Waals surface area contributed by atoms with Crippen molar-refractivity contribution in [2.75, 3.05) is 18.2 Å². The summed E-state index contributed by atoms with van der Waals surface area (Å²) in [6.45, 7) is 3.51. The summed E-state index contributed by atoms with van der Waals surface area (Å²) in [7, 11) is -4.30. The zero-order valence-corrected chi connectivity index (χ0v) is 16.7. The Morgan fingerprint density at radius 3 is 2.54 bits per heavy atom. The van der Waals surface area contributed by atoms with E-state index in [0.717, 1.165) is 23.8 Å². The number of anilines is 1. The maximum atomic E-state index is 12.7. The molecule has 0 saturated carbocycles. The predicted octanol–water partition coefficient (Wildman–Crippen LogP) is 3.47. The van der Waals surface area contributed by atoms with E-state index in [4.69, 9.17) is 9.26 Å². The van der Waals surface area contributed by atoms with Gasteiger partial charge in [0.25, 0.3) is 9.84 Å². The van der Waals surface area contributed by atoms with E-state index in [-0.39, 0.29) is 17.2 Å². The Kier molecular flexibility index (Phi) is 6.65. The molecule has 1 aromatic carbocycles.